The summed E-state index contributed by atoms with van der Waals surface area (Å²) in [5.41, 5.74) is 4.97. The molecule has 2 aliphatic rings. The van der Waals surface area contributed by atoms with E-state index in [0.29, 0.717) is 12.0 Å². The molecule has 1 N–H and O–H groups in total. The topological polar surface area (TPSA) is 47.3 Å². The van der Waals surface area contributed by atoms with Crippen molar-refractivity contribution in [2.24, 2.45) is 5.92 Å². The second kappa shape index (κ2) is 6.19. The molecule has 0 spiro atoms. The Balaban J connectivity index is 1.61. The van der Waals surface area contributed by atoms with Crippen molar-refractivity contribution in [3.05, 3.63) is 54.1 Å². The molecule has 1 aromatic heterocycles. The molecule has 2 aromatic rings. The molecule has 4 nitrogen and oxygen atoms in total. The van der Waals surface area contributed by atoms with E-state index in [1.54, 1.807) is 7.11 Å². The van der Waals surface area contributed by atoms with Gasteiger partial charge in [-0.2, -0.15) is 0 Å². The minimum atomic E-state index is -0.304. The Labute approximate surface area is 142 Å². The quantitative estimate of drug-likeness (QED) is 0.915. The molecule has 0 saturated heterocycles. The number of imidazole rings is 1. The van der Waals surface area contributed by atoms with Gasteiger partial charge in [0.05, 0.1) is 36.5 Å². The molecule has 1 fully saturated rings. The maximum absolute atomic E-state index is 10.7. The van der Waals surface area contributed by atoms with Crippen molar-refractivity contribution in [3.63, 3.8) is 0 Å². The lowest BCUT2D eigenvalue weighted by molar-refractivity contribution is -0.0541. The SMILES string of the molecule is COC1CC(C(O)CC2C(c3ccccc3)=C(C)c3cncn32)C1. The molecule has 126 valence electrons. The third-order valence-electron chi connectivity index (χ3n) is 5.68. The van der Waals surface area contributed by atoms with E-state index in [-0.39, 0.29) is 12.1 Å². The van der Waals surface area contributed by atoms with E-state index in [1.807, 2.05) is 18.6 Å². The van der Waals surface area contributed by atoms with Gasteiger partial charge in [0.2, 0.25) is 0 Å². The maximum Gasteiger partial charge on any atom is 0.0956 e. The summed E-state index contributed by atoms with van der Waals surface area (Å²) >= 11 is 0. The van der Waals surface area contributed by atoms with Crippen LogP contribution in [0.25, 0.3) is 11.1 Å². The summed E-state index contributed by atoms with van der Waals surface area (Å²) in [6.45, 7) is 2.16. The fourth-order valence-corrected chi connectivity index (χ4v) is 4.16. The van der Waals surface area contributed by atoms with Gasteiger partial charge >= 0.3 is 0 Å². The average Bonchev–Trinajstić information content (AvgIpc) is 3.11. The van der Waals surface area contributed by atoms with Crippen LogP contribution in [0.15, 0.2) is 42.9 Å². The van der Waals surface area contributed by atoms with Crippen LogP contribution in [0.3, 0.4) is 0 Å². The van der Waals surface area contributed by atoms with Crippen LogP contribution >= 0.6 is 0 Å². The third-order valence-corrected chi connectivity index (χ3v) is 5.68. The average molecular weight is 324 g/mol. The third kappa shape index (κ3) is 2.50. The number of aliphatic hydroxyl groups is 1. The standard InChI is InChI=1S/C20H24N2O2/c1-13-18-11-21-12-22(18)17(20(13)14-6-4-3-5-7-14)10-19(23)15-8-16(9-15)24-2/h3-7,11-12,15-17,19,23H,8-10H2,1-2H3. The number of rotatable bonds is 5. The number of aromatic nitrogens is 2. The highest BCUT2D eigenvalue weighted by molar-refractivity contribution is 5.93. The predicted molar refractivity (Wildman–Crippen MR) is 94.3 cm³/mol. The Hall–Kier alpha value is -1.91. The van der Waals surface area contributed by atoms with E-state index in [2.05, 4.69) is 40.7 Å². The molecule has 24 heavy (non-hydrogen) atoms. The van der Waals surface area contributed by atoms with Gasteiger partial charge in [-0.25, -0.2) is 4.98 Å². The molecule has 1 aliphatic heterocycles. The number of hydrogen-bond donors (Lipinski definition) is 1. The Morgan fingerprint density at radius 3 is 2.75 bits per heavy atom. The van der Waals surface area contributed by atoms with Gasteiger partial charge in [-0.15, -0.1) is 0 Å². The Kier molecular flexibility index (Phi) is 4.02. The fraction of sp³-hybridized carbons (Fsp3) is 0.450. The molecule has 2 atom stereocenters. The van der Waals surface area contributed by atoms with Gasteiger partial charge in [0.15, 0.2) is 0 Å². The van der Waals surface area contributed by atoms with Crippen LogP contribution < -0.4 is 0 Å². The zero-order valence-electron chi connectivity index (χ0n) is 14.2. The van der Waals surface area contributed by atoms with Crippen molar-refractivity contribution >= 4 is 11.1 Å². The monoisotopic (exact) mass is 324 g/mol. The fourth-order valence-electron chi connectivity index (χ4n) is 4.16. The maximum atomic E-state index is 10.7. The first-order chi connectivity index (χ1) is 11.7. The number of nitrogens with zero attached hydrogens (tertiary/aromatic N) is 2. The zero-order chi connectivity index (χ0) is 16.7. The summed E-state index contributed by atoms with van der Waals surface area (Å²) in [4.78, 5) is 4.31. The summed E-state index contributed by atoms with van der Waals surface area (Å²) in [7, 11) is 1.75. The predicted octanol–water partition coefficient (Wildman–Crippen LogP) is 3.54. The molecule has 0 amide bonds. The molecule has 1 aromatic carbocycles. The Morgan fingerprint density at radius 2 is 2.04 bits per heavy atom. The molecule has 1 saturated carbocycles. The molecule has 4 heteroatoms. The molecule has 1 aliphatic carbocycles. The number of ether oxygens (including phenoxy) is 1. The van der Waals surface area contributed by atoms with Crippen molar-refractivity contribution in [2.75, 3.05) is 7.11 Å². The summed E-state index contributed by atoms with van der Waals surface area (Å²) in [5, 5.41) is 10.7. The van der Waals surface area contributed by atoms with Crippen molar-refractivity contribution < 1.29 is 9.84 Å². The number of fused-ring (bicyclic) bond motifs is 1. The van der Waals surface area contributed by atoms with Crippen LogP contribution in [0.1, 0.15) is 43.5 Å². The number of methoxy groups -OCH3 is 1. The Morgan fingerprint density at radius 1 is 1.29 bits per heavy atom. The van der Waals surface area contributed by atoms with Crippen LogP contribution in [0.4, 0.5) is 0 Å². The van der Waals surface area contributed by atoms with Gasteiger partial charge in [-0.3, -0.25) is 0 Å². The van der Waals surface area contributed by atoms with E-state index >= 15 is 0 Å². The van der Waals surface area contributed by atoms with Crippen LogP contribution in [0.2, 0.25) is 0 Å². The largest absolute Gasteiger partial charge is 0.393 e. The second-order valence-corrected chi connectivity index (χ2v) is 7.00. The Bertz CT molecular complexity index is 744. The highest BCUT2D eigenvalue weighted by Crippen LogP contribution is 2.46. The summed E-state index contributed by atoms with van der Waals surface area (Å²) in [6, 6.07) is 10.7. The molecule has 0 radical (unpaired) electrons. The minimum absolute atomic E-state index is 0.154. The molecule has 4 rings (SSSR count). The summed E-state index contributed by atoms with van der Waals surface area (Å²) in [6.07, 6.45) is 6.49. The van der Waals surface area contributed by atoms with Gasteiger partial charge < -0.3 is 14.4 Å². The van der Waals surface area contributed by atoms with Crippen molar-refractivity contribution in [2.45, 2.75) is 44.4 Å². The van der Waals surface area contributed by atoms with Crippen molar-refractivity contribution in [3.8, 4) is 0 Å². The van der Waals surface area contributed by atoms with Gasteiger partial charge in [-0.1, -0.05) is 30.3 Å². The zero-order valence-corrected chi connectivity index (χ0v) is 14.2. The van der Waals surface area contributed by atoms with E-state index < -0.39 is 0 Å². The van der Waals surface area contributed by atoms with Gasteiger partial charge in [-0.05, 0) is 48.8 Å². The lowest BCUT2D eigenvalue weighted by Crippen LogP contribution is -2.39. The van der Waals surface area contributed by atoms with Crippen LogP contribution in [0, 0.1) is 5.92 Å². The normalized spacial score (nSPS) is 27.0. The van der Waals surface area contributed by atoms with Crippen LogP contribution in [-0.2, 0) is 4.74 Å². The number of aliphatic hydroxyl groups excluding tert-OH is 1. The first-order valence-electron chi connectivity index (χ1n) is 8.68. The van der Waals surface area contributed by atoms with Crippen LogP contribution in [-0.4, -0.2) is 34.0 Å². The minimum Gasteiger partial charge on any atom is -0.393 e. The molecular formula is C20H24N2O2. The smallest absolute Gasteiger partial charge is 0.0956 e. The lowest BCUT2D eigenvalue weighted by Gasteiger charge is -2.38. The van der Waals surface area contributed by atoms with E-state index in [0.717, 1.165) is 25.0 Å². The molecule has 2 heterocycles. The molecule has 0 bridgehead atoms. The number of benzene rings is 1. The van der Waals surface area contributed by atoms with Gasteiger partial charge in [0.25, 0.3) is 0 Å². The lowest BCUT2D eigenvalue weighted by atomic mass is 9.76. The molecular weight excluding hydrogens is 300 g/mol. The van der Waals surface area contributed by atoms with E-state index in [1.165, 1.54) is 16.7 Å². The number of allylic oxidation sites excluding steroid dienone is 2. The van der Waals surface area contributed by atoms with E-state index in [9.17, 15) is 5.11 Å². The first kappa shape index (κ1) is 15.6. The van der Waals surface area contributed by atoms with Gasteiger partial charge in [0.1, 0.15) is 0 Å². The van der Waals surface area contributed by atoms with E-state index in [4.69, 9.17) is 4.74 Å². The highest BCUT2D eigenvalue weighted by Gasteiger charge is 2.38. The first-order valence-corrected chi connectivity index (χ1v) is 8.68. The number of hydrogen-bond acceptors (Lipinski definition) is 3. The highest BCUT2D eigenvalue weighted by atomic mass is 16.5. The summed E-state index contributed by atoms with van der Waals surface area (Å²) in [5.74, 6) is 0.347. The molecule has 2 unspecified atom stereocenters. The van der Waals surface area contributed by atoms with Crippen molar-refractivity contribution in [1.29, 1.82) is 0 Å². The van der Waals surface area contributed by atoms with Gasteiger partial charge in [0, 0.05) is 7.11 Å². The second-order valence-electron chi connectivity index (χ2n) is 7.00. The summed E-state index contributed by atoms with van der Waals surface area (Å²) < 4.78 is 7.57. The van der Waals surface area contributed by atoms with Crippen LogP contribution in [0.5, 0.6) is 0 Å². The van der Waals surface area contributed by atoms with Crippen molar-refractivity contribution in [1.82, 2.24) is 9.55 Å².